The van der Waals surface area contributed by atoms with Crippen LogP contribution < -0.4 is 20.9 Å². The van der Waals surface area contributed by atoms with Crippen molar-refractivity contribution in [2.75, 3.05) is 43.6 Å². The van der Waals surface area contributed by atoms with Crippen LogP contribution in [-0.2, 0) is 14.3 Å². The molecule has 8 nitrogen and oxygen atoms in total. The highest BCUT2D eigenvalue weighted by molar-refractivity contribution is 7.18. The van der Waals surface area contributed by atoms with Crippen LogP contribution in [0.4, 0.5) is 15.8 Å². The van der Waals surface area contributed by atoms with Crippen molar-refractivity contribution in [1.82, 2.24) is 10.6 Å². The van der Waals surface area contributed by atoms with Gasteiger partial charge in [0.2, 0.25) is 5.91 Å². The van der Waals surface area contributed by atoms with E-state index in [2.05, 4.69) is 16.0 Å². The van der Waals surface area contributed by atoms with E-state index in [0.29, 0.717) is 28.1 Å². The molecule has 0 unspecified atom stereocenters. The Labute approximate surface area is 181 Å². The summed E-state index contributed by atoms with van der Waals surface area (Å²) in [6.07, 6.45) is 0. The van der Waals surface area contributed by atoms with Crippen molar-refractivity contribution in [2.45, 2.75) is 6.04 Å². The van der Waals surface area contributed by atoms with E-state index in [1.807, 2.05) is 0 Å². The number of likely N-dealkylation sites (N-methyl/N-ethyl adjacent to an activating group) is 1. The van der Waals surface area contributed by atoms with Crippen LogP contribution in [0.15, 0.2) is 30.3 Å². The summed E-state index contributed by atoms with van der Waals surface area (Å²) in [6, 6.07) is 6.55. The number of benzene rings is 1. The van der Waals surface area contributed by atoms with Gasteiger partial charge in [0.25, 0.3) is 11.8 Å². The van der Waals surface area contributed by atoms with Crippen LogP contribution in [0, 0.1) is 5.82 Å². The number of hydrogen-bond donors (Lipinski definition) is 3. The molecule has 3 amide bonds. The van der Waals surface area contributed by atoms with Crippen molar-refractivity contribution in [3.8, 4) is 0 Å². The molecule has 0 radical (unpaired) electrons. The Bertz CT molecular complexity index is 954. The largest absolute Gasteiger partial charge is 0.370 e. The molecule has 1 fully saturated rings. The van der Waals surface area contributed by atoms with Gasteiger partial charge in [-0.15, -0.1) is 11.3 Å². The maximum Gasteiger partial charge on any atom is 0.261 e. The number of hydrogen-bond acceptors (Lipinski definition) is 6. The summed E-state index contributed by atoms with van der Waals surface area (Å²) >= 11 is 6.95. The standard InChI is InChI=1S/C19H20ClFN4O4S/c1-22-14(9-23-19(28)15-4-5-16(20)30-15)18(27)24-13-3-2-11(8-12(13)21)25-6-7-29-10-17(25)26/h2-5,8,14,22H,6-7,9-10H2,1H3,(H,23,28)(H,24,27)/t14-/m1/s1. The van der Waals surface area contributed by atoms with Gasteiger partial charge in [0.1, 0.15) is 18.5 Å². The molecule has 3 rings (SSSR count). The summed E-state index contributed by atoms with van der Waals surface area (Å²) in [5.41, 5.74) is 0.368. The van der Waals surface area contributed by atoms with E-state index in [0.717, 1.165) is 11.3 Å². The Morgan fingerprint density at radius 3 is 2.77 bits per heavy atom. The summed E-state index contributed by atoms with van der Waals surface area (Å²) in [5.74, 6) is -1.80. The molecule has 3 N–H and O–H groups in total. The van der Waals surface area contributed by atoms with Crippen LogP contribution in [-0.4, -0.2) is 57.1 Å². The van der Waals surface area contributed by atoms with Crippen molar-refractivity contribution < 1.29 is 23.5 Å². The lowest BCUT2D eigenvalue weighted by Gasteiger charge is -2.27. The second kappa shape index (κ2) is 9.98. The minimum Gasteiger partial charge on any atom is -0.370 e. The van der Waals surface area contributed by atoms with E-state index >= 15 is 0 Å². The van der Waals surface area contributed by atoms with Gasteiger partial charge in [0.15, 0.2) is 0 Å². The first-order chi connectivity index (χ1) is 14.4. The normalized spacial score (nSPS) is 15.0. The van der Waals surface area contributed by atoms with Crippen LogP contribution >= 0.6 is 22.9 Å². The smallest absolute Gasteiger partial charge is 0.261 e. The number of thiophene rings is 1. The molecule has 1 aromatic heterocycles. The van der Waals surface area contributed by atoms with E-state index in [4.69, 9.17) is 16.3 Å². The molecule has 1 aromatic carbocycles. The lowest BCUT2D eigenvalue weighted by Crippen LogP contribution is -2.47. The molecule has 0 saturated carbocycles. The van der Waals surface area contributed by atoms with Crippen LogP contribution in [0.2, 0.25) is 4.34 Å². The Morgan fingerprint density at radius 2 is 2.13 bits per heavy atom. The molecule has 1 saturated heterocycles. The molecule has 11 heteroatoms. The Kier molecular flexibility index (Phi) is 7.38. The molecule has 2 aromatic rings. The van der Waals surface area contributed by atoms with Gasteiger partial charge in [-0.25, -0.2) is 4.39 Å². The number of rotatable bonds is 7. The third-order valence-corrected chi connectivity index (χ3v) is 5.67. The quantitative estimate of drug-likeness (QED) is 0.593. The highest BCUT2D eigenvalue weighted by Gasteiger charge is 2.23. The minimum absolute atomic E-state index is 0.00132. The number of amides is 3. The van der Waals surface area contributed by atoms with Gasteiger partial charge in [-0.3, -0.25) is 14.4 Å². The molecule has 2 heterocycles. The zero-order valence-electron chi connectivity index (χ0n) is 16.0. The summed E-state index contributed by atoms with van der Waals surface area (Å²) in [7, 11) is 1.56. The molecular weight excluding hydrogens is 435 g/mol. The second-order valence-electron chi connectivity index (χ2n) is 6.41. The summed E-state index contributed by atoms with van der Waals surface area (Å²) in [6.45, 7) is 0.659. The first-order valence-corrected chi connectivity index (χ1v) is 10.3. The number of nitrogens with zero attached hydrogens (tertiary/aromatic N) is 1. The van der Waals surface area contributed by atoms with Gasteiger partial charge in [-0.05, 0) is 37.4 Å². The fourth-order valence-corrected chi connectivity index (χ4v) is 3.79. The molecule has 1 atom stereocenters. The zero-order chi connectivity index (χ0) is 21.7. The summed E-state index contributed by atoms with van der Waals surface area (Å²) < 4.78 is 20.1. The predicted octanol–water partition coefficient (Wildman–Crippen LogP) is 1.86. The molecule has 1 aliphatic rings. The van der Waals surface area contributed by atoms with Crippen LogP contribution in [0.5, 0.6) is 0 Å². The average molecular weight is 455 g/mol. The monoisotopic (exact) mass is 454 g/mol. The SMILES string of the molecule is CN[C@H](CNC(=O)c1ccc(Cl)s1)C(=O)Nc1ccc(N2CCOCC2=O)cc1F. The third-order valence-electron chi connectivity index (χ3n) is 4.44. The van der Waals surface area contributed by atoms with Gasteiger partial charge >= 0.3 is 0 Å². The average Bonchev–Trinajstić information content (AvgIpc) is 3.16. The van der Waals surface area contributed by atoms with Crippen molar-refractivity contribution >= 4 is 52.0 Å². The summed E-state index contributed by atoms with van der Waals surface area (Å²) in [4.78, 5) is 38.3. The van der Waals surface area contributed by atoms with E-state index < -0.39 is 17.8 Å². The Hall–Kier alpha value is -2.53. The fourth-order valence-electron chi connectivity index (χ4n) is 2.83. The lowest BCUT2D eigenvalue weighted by molar-refractivity contribution is -0.125. The molecule has 30 heavy (non-hydrogen) atoms. The molecular formula is C19H20ClFN4O4S. The molecule has 1 aliphatic heterocycles. The van der Waals surface area contributed by atoms with Crippen LogP contribution in [0.1, 0.15) is 9.67 Å². The van der Waals surface area contributed by atoms with Gasteiger partial charge in [-0.2, -0.15) is 0 Å². The van der Waals surface area contributed by atoms with Crippen LogP contribution in [0.3, 0.4) is 0 Å². The maximum absolute atomic E-state index is 14.5. The van der Waals surface area contributed by atoms with Crippen molar-refractivity contribution in [2.24, 2.45) is 0 Å². The molecule has 0 aliphatic carbocycles. The number of halogens is 2. The predicted molar refractivity (Wildman–Crippen MR) is 113 cm³/mol. The highest BCUT2D eigenvalue weighted by Crippen LogP contribution is 2.24. The third kappa shape index (κ3) is 5.33. The van der Waals surface area contributed by atoms with Crippen molar-refractivity contribution in [3.05, 3.63) is 45.4 Å². The molecule has 160 valence electrons. The van der Waals surface area contributed by atoms with Crippen LogP contribution in [0.25, 0.3) is 0 Å². The van der Waals surface area contributed by atoms with Crippen molar-refractivity contribution in [3.63, 3.8) is 0 Å². The van der Waals surface area contributed by atoms with E-state index in [1.54, 1.807) is 25.2 Å². The Morgan fingerprint density at radius 1 is 1.33 bits per heavy atom. The van der Waals surface area contributed by atoms with Gasteiger partial charge in [0.05, 0.1) is 21.5 Å². The lowest BCUT2D eigenvalue weighted by atomic mass is 10.2. The number of morpholine rings is 1. The van der Waals surface area contributed by atoms with Gasteiger partial charge in [-0.1, -0.05) is 11.6 Å². The number of nitrogens with one attached hydrogen (secondary N) is 3. The minimum atomic E-state index is -0.788. The van der Waals surface area contributed by atoms with Gasteiger partial charge < -0.3 is 25.6 Å². The topological polar surface area (TPSA) is 99.8 Å². The number of ether oxygens (including phenoxy) is 1. The van der Waals surface area contributed by atoms with E-state index in [-0.39, 0.29) is 30.7 Å². The maximum atomic E-state index is 14.5. The van der Waals surface area contributed by atoms with E-state index in [9.17, 15) is 18.8 Å². The first-order valence-electron chi connectivity index (χ1n) is 9.08. The first kappa shape index (κ1) is 22.2. The Balaban J connectivity index is 1.60. The molecule has 0 spiro atoms. The number of carbonyl (C=O) groups is 3. The van der Waals surface area contributed by atoms with E-state index in [1.165, 1.54) is 17.0 Å². The highest BCUT2D eigenvalue weighted by atomic mass is 35.5. The number of carbonyl (C=O) groups excluding carboxylic acids is 3. The second-order valence-corrected chi connectivity index (χ2v) is 8.12. The fraction of sp³-hybridized carbons (Fsp3) is 0.316. The zero-order valence-corrected chi connectivity index (χ0v) is 17.6. The number of anilines is 2. The molecule has 0 bridgehead atoms. The van der Waals surface area contributed by atoms with Crippen molar-refractivity contribution in [1.29, 1.82) is 0 Å². The summed E-state index contributed by atoms with van der Waals surface area (Å²) in [5, 5.41) is 7.92. The van der Waals surface area contributed by atoms with Gasteiger partial charge in [0, 0.05) is 18.8 Å².